The van der Waals surface area contributed by atoms with E-state index in [1.807, 2.05) is 54.5 Å². The molecule has 2 N–H and O–H groups in total. The first-order valence-corrected chi connectivity index (χ1v) is 17.3. The summed E-state index contributed by atoms with van der Waals surface area (Å²) in [5.74, 6) is -1.40. The van der Waals surface area contributed by atoms with Crippen LogP contribution in [0.15, 0.2) is 35.3 Å². The van der Waals surface area contributed by atoms with Crippen molar-refractivity contribution in [1.29, 1.82) is 0 Å². The summed E-state index contributed by atoms with van der Waals surface area (Å²) in [6, 6.07) is 4.30. The van der Waals surface area contributed by atoms with E-state index in [9.17, 15) is 19.2 Å². The topological polar surface area (TPSA) is 145 Å². The molecule has 268 valence electrons. The third-order valence-electron chi connectivity index (χ3n) is 8.92. The van der Waals surface area contributed by atoms with Gasteiger partial charge in [0.05, 0.1) is 43.3 Å². The number of nitrogens with one attached hydrogen (secondary N) is 2. The second kappa shape index (κ2) is 14.5. The molecule has 3 amide bonds. The minimum atomic E-state index is -1.25. The SMILES string of the molecule is C=C[C@@H]1C[C@]1(NC(=O)[C@@H]1C[C@@H](Oc2cc(OCC)nc3c(Br)c(OC)ccc23)CN1C(=O)[C@@H](CC(=O)NC(C)(C)C)C(C)(C)C)C(=O)OC. The van der Waals surface area contributed by atoms with Crippen LogP contribution in [0, 0.1) is 17.3 Å². The lowest BCUT2D eigenvalue weighted by molar-refractivity contribution is -0.149. The molecule has 1 aliphatic carbocycles. The van der Waals surface area contributed by atoms with Crippen molar-refractivity contribution in [3.8, 4) is 17.4 Å². The van der Waals surface area contributed by atoms with Crippen LogP contribution in [0.3, 0.4) is 0 Å². The number of aromatic nitrogens is 1. The number of hydrogen-bond acceptors (Lipinski definition) is 9. The molecule has 1 saturated heterocycles. The summed E-state index contributed by atoms with van der Waals surface area (Å²) < 4.78 is 23.5. The molecule has 0 bridgehead atoms. The number of ether oxygens (including phenoxy) is 4. The molecule has 2 heterocycles. The summed E-state index contributed by atoms with van der Waals surface area (Å²) in [7, 11) is 2.83. The molecular weight excluding hydrogens is 696 g/mol. The molecule has 0 unspecified atom stereocenters. The van der Waals surface area contributed by atoms with Gasteiger partial charge in [0.1, 0.15) is 29.2 Å². The highest BCUT2D eigenvalue weighted by molar-refractivity contribution is 9.10. The number of carbonyl (C=O) groups excluding carboxylic acids is 4. The second-order valence-corrected chi connectivity index (χ2v) is 15.6. The molecule has 1 aromatic heterocycles. The number of hydrogen-bond donors (Lipinski definition) is 2. The molecule has 2 fully saturated rings. The van der Waals surface area contributed by atoms with E-state index >= 15 is 0 Å². The Morgan fingerprint density at radius 2 is 1.84 bits per heavy atom. The van der Waals surface area contributed by atoms with Crippen LogP contribution in [0.4, 0.5) is 0 Å². The van der Waals surface area contributed by atoms with Crippen molar-refractivity contribution < 1.29 is 38.1 Å². The van der Waals surface area contributed by atoms with E-state index in [-0.39, 0.29) is 37.1 Å². The van der Waals surface area contributed by atoms with Crippen LogP contribution in [0.1, 0.15) is 67.7 Å². The van der Waals surface area contributed by atoms with Crippen molar-refractivity contribution >= 4 is 50.5 Å². The monoisotopic (exact) mass is 744 g/mol. The zero-order valence-electron chi connectivity index (χ0n) is 29.9. The molecule has 12 nitrogen and oxygen atoms in total. The Morgan fingerprint density at radius 1 is 1.14 bits per heavy atom. The molecule has 2 aromatic rings. The molecule has 0 spiro atoms. The van der Waals surface area contributed by atoms with Crippen molar-refractivity contribution in [2.45, 2.75) is 91.0 Å². The van der Waals surface area contributed by atoms with Gasteiger partial charge < -0.3 is 34.5 Å². The lowest BCUT2D eigenvalue weighted by atomic mass is 9.77. The Morgan fingerprint density at radius 3 is 2.39 bits per heavy atom. The number of esters is 1. The maximum absolute atomic E-state index is 14.5. The first-order chi connectivity index (χ1) is 22.9. The van der Waals surface area contributed by atoms with E-state index in [1.165, 1.54) is 12.0 Å². The van der Waals surface area contributed by atoms with Crippen LogP contribution in [0.25, 0.3) is 10.9 Å². The third kappa shape index (κ3) is 8.30. The fourth-order valence-electron chi connectivity index (χ4n) is 6.32. The number of rotatable bonds is 12. The first kappa shape index (κ1) is 37.9. The average Bonchev–Trinajstić information content (AvgIpc) is 3.57. The number of pyridine rings is 1. The van der Waals surface area contributed by atoms with Gasteiger partial charge in [-0.25, -0.2) is 9.78 Å². The number of likely N-dealkylation sites (tertiary alicyclic amines) is 1. The average molecular weight is 746 g/mol. The van der Waals surface area contributed by atoms with Gasteiger partial charge >= 0.3 is 5.97 Å². The van der Waals surface area contributed by atoms with Crippen molar-refractivity contribution in [3.63, 3.8) is 0 Å². The summed E-state index contributed by atoms with van der Waals surface area (Å²) in [6.07, 6.45) is 1.39. The van der Waals surface area contributed by atoms with Crippen LogP contribution < -0.4 is 24.8 Å². The van der Waals surface area contributed by atoms with Gasteiger partial charge in [-0.3, -0.25) is 14.4 Å². The highest BCUT2D eigenvalue weighted by Crippen LogP contribution is 2.46. The van der Waals surface area contributed by atoms with Crippen molar-refractivity contribution in [2.75, 3.05) is 27.4 Å². The number of methoxy groups -OCH3 is 2. The van der Waals surface area contributed by atoms with Crippen molar-refractivity contribution in [3.05, 3.63) is 35.3 Å². The highest BCUT2D eigenvalue weighted by Gasteiger charge is 2.62. The van der Waals surface area contributed by atoms with E-state index in [0.29, 0.717) is 45.8 Å². The molecule has 13 heteroatoms. The van der Waals surface area contributed by atoms with E-state index < -0.39 is 46.4 Å². The summed E-state index contributed by atoms with van der Waals surface area (Å²) in [4.78, 5) is 60.7. The van der Waals surface area contributed by atoms with Gasteiger partial charge in [0.2, 0.25) is 23.6 Å². The molecule has 0 radical (unpaired) electrons. The largest absolute Gasteiger partial charge is 0.495 e. The first-order valence-electron chi connectivity index (χ1n) is 16.5. The van der Waals surface area contributed by atoms with Crippen LogP contribution >= 0.6 is 15.9 Å². The molecule has 1 aliphatic heterocycles. The van der Waals surface area contributed by atoms with Gasteiger partial charge in [-0.15, -0.1) is 6.58 Å². The third-order valence-corrected chi connectivity index (χ3v) is 9.69. The Labute approximate surface area is 296 Å². The number of benzene rings is 1. The van der Waals surface area contributed by atoms with Gasteiger partial charge in [0.15, 0.2) is 0 Å². The predicted molar refractivity (Wildman–Crippen MR) is 188 cm³/mol. The minimum Gasteiger partial charge on any atom is -0.495 e. The predicted octanol–water partition coefficient (Wildman–Crippen LogP) is 4.95. The zero-order chi connectivity index (χ0) is 36.5. The number of carbonyl (C=O) groups is 4. The molecule has 1 aromatic carbocycles. The minimum absolute atomic E-state index is 0.0611. The molecule has 5 atom stereocenters. The van der Waals surface area contributed by atoms with Gasteiger partial charge in [0.25, 0.3) is 0 Å². The fourth-order valence-corrected chi connectivity index (χ4v) is 6.92. The molecule has 49 heavy (non-hydrogen) atoms. The van der Waals surface area contributed by atoms with E-state index in [0.717, 1.165) is 0 Å². The smallest absolute Gasteiger partial charge is 0.332 e. The Balaban J connectivity index is 1.72. The second-order valence-electron chi connectivity index (χ2n) is 14.8. The maximum atomic E-state index is 14.5. The normalized spacial score (nSPS) is 22.6. The van der Waals surface area contributed by atoms with Crippen LogP contribution in [-0.2, 0) is 23.9 Å². The van der Waals surface area contributed by atoms with Crippen molar-refractivity contribution in [1.82, 2.24) is 20.5 Å². The fraction of sp³-hybridized carbons (Fsp3) is 0.583. The van der Waals surface area contributed by atoms with Crippen LogP contribution in [0.2, 0.25) is 0 Å². The van der Waals surface area contributed by atoms with Crippen LogP contribution in [0.5, 0.6) is 17.4 Å². The molecule has 4 rings (SSSR count). The van der Waals surface area contributed by atoms with E-state index in [4.69, 9.17) is 18.9 Å². The quantitative estimate of drug-likeness (QED) is 0.228. The highest BCUT2D eigenvalue weighted by atomic mass is 79.9. The van der Waals surface area contributed by atoms with Gasteiger partial charge in [0, 0.05) is 35.8 Å². The number of nitrogens with zero attached hydrogens (tertiary/aromatic N) is 2. The number of fused-ring (bicyclic) bond motifs is 1. The number of halogens is 1. The summed E-state index contributed by atoms with van der Waals surface area (Å²) >= 11 is 3.58. The lowest BCUT2D eigenvalue weighted by Gasteiger charge is -2.35. The Bertz CT molecular complexity index is 1620. The summed E-state index contributed by atoms with van der Waals surface area (Å²) in [5.41, 5.74) is -1.81. The standard InChI is InChI=1S/C36H49BrN4O8/c1-11-20-18-36(20,33(45)47-10)40-31(43)24-15-21(19-41(24)32(44)23(34(3,4)5)16-27(42)39-35(6,7)8)49-26-17-28(48-12-2)38-30-22(26)13-14-25(46-9)29(30)37/h11,13-14,17,20-21,23-24H,1,12,15-16,18-19H2,2-10H3,(H,39,42)(H,40,43)/t20-,21-,23-,24+,36-/m1/s1. The molecule has 1 saturated carbocycles. The zero-order valence-corrected chi connectivity index (χ0v) is 31.5. The molecular formula is C36H49BrN4O8. The van der Waals surface area contributed by atoms with Gasteiger partial charge in [-0.2, -0.15) is 0 Å². The molecule has 2 aliphatic rings. The van der Waals surface area contributed by atoms with E-state index in [1.54, 1.807) is 25.3 Å². The number of amides is 3. The van der Waals surface area contributed by atoms with E-state index in [2.05, 4.69) is 38.1 Å². The Kier molecular flexibility index (Phi) is 11.3. The van der Waals surface area contributed by atoms with Crippen molar-refractivity contribution in [2.24, 2.45) is 17.3 Å². The van der Waals surface area contributed by atoms with Gasteiger partial charge in [-0.05, 0) is 67.6 Å². The lowest BCUT2D eigenvalue weighted by Crippen LogP contribution is -2.55. The van der Waals surface area contributed by atoms with Crippen LogP contribution in [-0.4, -0.2) is 84.2 Å². The van der Waals surface area contributed by atoms with Gasteiger partial charge in [-0.1, -0.05) is 26.8 Å². The summed E-state index contributed by atoms with van der Waals surface area (Å²) in [6.45, 7) is 17.4. The summed E-state index contributed by atoms with van der Waals surface area (Å²) in [5, 5.41) is 6.52. The maximum Gasteiger partial charge on any atom is 0.332 e. The Hall–Kier alpha value is -3.87.